The first kappa shape index (κ1) is 12.6. The Hall–Kier alpha value is -1.90. The van der Waals surface area contributed by atoms with Crippen LogP contribution >= 0.6 is 0 Å². The van der Waals surface area contributed by atoms with E-state index in [1.807, 2.05) is 18.2 Å². The van der Waals surface area contributed by atoms with Gasteiger partial charge in [0, 0.05) is 0 Å². The second kappa shape index (κ2) is 4.41. The Morgan fingerprint density at radius 2 is 1.67 bits per heavy atom. The number of halogens is 1. The van der Waals surface area contributed by atoms with E-state index in [1.54, 1.807) is 26.8 Å². The standard InChI is InChI=1S/C15H15FO2/c1-15(2,3)18-14(17)12-8-10-6-4-5-7-11(10)9-13(12)16/h4-9H,1-3H3. The van der Waals surface area contributed by atoms with Crippen molar-refractivity contribution in [1.82, 2.24) is 0 Å². The van der Waals surface area contributed by atoms with Crippen LogP contribution in [0.4, 0.5) is 4.39 Å². The minimum Gasteiger partial charge on any atom is -0.456 e. The Morgan fingerprint density at radius 1 is 1.11 bits per heavy atom. The quantitative estimate of drug-likeness (QED) is 0.712. The van der Waals surface area contributed by atoms with Crippen molar-refractivity contribution in [3.63, 3.8) is 0 Å². The highest BCUT2D eigenvalue weighted by atomic mass is 19.1. The first-order valence-electron chi connectivity index (χ1n) is 5.78. The van der Waals surface area contributed by atoms with E-state index in [4.69, 9.17) is 4.74 Å². The summed E-state index contributed by atoms with van der Waals surface area (Å²) in [5, 5.41) is 1.59. The third-order valence-electron chi connectivity index (χ3n) is 2.45. The molecule has 0 saturated heterocycles. The van der Waals surface area contributed by atoms with Crippen LogP contribution in [0.1, 0.15) is 31.1 Å². The molecule has 0 atom stereocenters. The molecule has 0 unspecified atom stereocenters. The van der Waals surface area contributed by atoms with Crippen LogP contribution in [-0.4, -0.2) is 11.6 Å². The summed E-state index contributed by atoms with van der Waals surface area (Å²) in [6, 6.07) is 10.2. The lowest BCUT2D eigenvalue weighted by atomic mass is 10.1. The average Bonchev–Trinajstić information content (AvgIpc) is 2.25. The third-order valence-corrected chi connectivity index (χ3v) is 2.45. The number of fused-ring (bicyclic) bond motifs is 1. The Kier molecular flexibility index (Phi) is 3.07. The van der Waals surface area contributed by atoms with Crippen LogP contribution in [-0.2, 0) is 4.74 Å². The van der Waals surface area contributed by atoms with Crippen LogP contribution in [0.5, 0.6) is 0 Å². The Morgan fingerprint density at radius 3 is 2.22 bits per heavy atom. The van der Waals surface area contributed by atoms with Crippen molar-refractivity contribution in [1.29, 1.82) is 0 Å². The summed E-state index contributed by atoms with van der Waals surface area (Å²) in [5.41, 5.74) is -0.654. The highest BCUT2D eigenvalue weighted by Gasteiger charge is 2.21. The molecule has 2 aromatic carbocycles. The second-order valence-corrected chi connectivity index (χ2v) is 5.18. The van der Waals surface area contributed by atoms with Crippen LogP contribution in [0.2, 0.25) is 0 Å². The molecule has 0 bridgehead atoms. The summed E-state index contributed by atoms with van der Waals surface area (Å²) in [6.07, 6.45) is 0. The molecule has 0 aliphatic carbocycles. The molecule has 2 rings (SSSR count). The molecule has 94 valence electrons. The molecule has 0 aliphatic rings. The van der Waals surface area contributed by atoms with E-state index in [1.165, 1.54) is 12.1 Å². The van der Waals surface area contributed by atoms with Crippen molar-refractivity contribution in [3.8, 4) is 0 Å². The molecule has 3 heteroatoms. The molecule has 0 radical (unpaired) electrons. The lowest BCUT2D eigenvalue weighted by molar-refractivity contribution is 0.00650. The van der Waals surface area contributed by atoms with Crippen molar-refractivity contribution >= 4 is 16.7 Å². The minimum atomic E-state index is -0.634. The normalized spacial score (nSPS) is 11.6. The SMILES string of the molecule is CC(C)(C)OC(=O)c1cc2ccccc2cc1F. The summed E-state index contributed by atoms with van der Waals surface area (Å²) in [5.74, 6) is -1.19. The maximum atomic E-state index is 13.8. The first-order chi connectivity index (χ1) is 8.37. The smallest absolute Gasteiger partial charge is 0.341 e. The van der Waals surface area contributed by atoms with Gasteiger partial charge >= 0.3 is 5.97 Å². The molecule has 2 nitrogen and oxygen atoms in total. The molecule has 0 N–H and O–H groups in total. The molecule has 0 spiro atoms. The molecule has 0 heterocycles. The largest absolute Gasteiger partial charge is 0.456 e. The van der Waals surface area contributed by atoms with Gasteiger partial charge in [-0.3, -0.25) is 0 Å². The molecule has 0 aliphatic heterocycles. The van der Waals surface area contributed by atoms with Gasteiger partial charge < -0.3 is 4.74 Å². The number of hydrogen-bond donors (Lipinski definition) is 0. The molecular weight excluding hydrogens is 231 g/mol. The van der Waals surface area contributed by atoms with Crippen molar-refractivity contribution in [3.05, 3.63) is 47.8 Å². The van der Waals surface area contributed by atoms with Crippen molar-refractivity contribution < 1.29 is 13.9 Å². The molecule has 2 aromatic rings. The second-order valence-electron chi connectivity index (χ2n) is 5.18. The van der Waals surface area contributed by atoms with Crippen molar-refractivity contribution in [2.75, 3.05) is 0 Å². The number of rotatable bonds is 1. The fraction of sp³-hybridized carbons (Fsp3) is 0.267. The molecule has 0 saturated carbocycles. The van der Waals surface area contributed by atoms with Gasteiger partial charge in [0.05, 0.1) is 5.56 Å². The predicted octanol–water partition coefficient (Wildman–Crippen LogP) is 3.93. The van der Waals surface area contributed by atoms with Gasteiger partial charge in [0.2, 0.25) is 0 Å². The van der Waals surface area contributed by atoms with Gasteiger partial charge in [-0.05, 0) is 43.7 Å². The molecule has 0 fully saturated rings. The topological polar surface area (TPSA) is 26.3 Å². The van der Waals surface area contributed by atoms with Gasteiger partial charge in [-0.25, -0.2) is 9.18 Å². The Labute approximate surface area is 105 Å². The first-order valence-corrected chi connectivity index (χ1v) is 5.78. The highest BCUT2D eigenvalue weighted by molar-refractivity contribution is 5.95. The zero-order valence-corrected chi connectivity index (χ0v) is 10.7. The van der Waals surface area contributed by atoms with Gasteiger partial charge in [0.25, 0.3) is 0 Å². The number of esters is 1. The van der Waals surface area contributed by atoms with E-state index in [9.17, 15) is 9.18 Å². The maximum Gasteiger partial charge on any atom is 0.341 e. The van der Waals surface area contributed by atoms with Crippen LogP contribution < -0.4 is 0 Å². The van der Waals surface area contributed by atoms with Crippen molar-refractivity contribution in [2.45, 2.75) is 26.4 Å². The van der Waals surface area contributed by atoms with Gasteiger partial charge in [0.1, 0.15) is 11.4 Å². The average molecular weight is 246 g/mol. The van der Waals surface area contributed by atoms with E-state index < -0.39 is 17.4 Å². The molecule has 0 amide bonds. The lowest BCUT2D eigenvalue weighted by Gasteiger charge is -2.19. The number of hydrogen-bond acceptors (Lipinski definition) is 2. The van der Waals surface area contributed by atoms with E-state index in [-0.39, 0.29) is 5.56 Å². The van der Waals surface area contributed by atoms with Crippen LogP contribution in [0.25, 0.3) is 10.8 Å². The molecule has 0 aromatic heterocycles. The van der Waals surface area contributed by atoms with Gasteiger partial charge in [-0.15, -0.1) is 0 Å². The van der Waals surface area contributed by atoms with E-state index in [0.717, 1.165) is 10.8 Å². The monoisotopic (exact) mass is 246 g/mol. The van der Waals surface area contributed by atoms with Gasteiger partial charge in [-0.2, -0.15) is 0 Å². The maximum absolute atomic E-state index is 13.8. The number of carbonyl (C=O) groups is 1. The minimum absolute atomic E-state index is 0.0244. The number of ether oxygens (including phenoxy) is 1. The molecule has 18 heavy (non-hydrogen) atoms. The van der Waals surface area contributed by atoms with Crippen molar-refractivity contribution in [2.24, 2.45) is 0 Å². The summed E-state index contributed by atoms with van der Waals surface area (Å²) in [4.78, 5) is 11.9. The van der Waals surface area contributed by atoms with Crippen LogP contribution in [0, 0.1) is 5.82 Å². The summed E-state index contributed by atoms with van der Waals surface area (Å²) < 4.78 is 19.0. The fourth-order valence-electron chi connectivity index (χ4n) is 1.70. The molecular formula is C15H15FO2. The van der Waals surface area contributed by atoms with E-state index in [2.05, 4.69) is 0 Å². The Balaban J connectivity index is 2.45. The summed E-state index contributed by atoms with van der Waals surface area (Å²) >= 11 is 0. The summed E-state index contributed by atoms with van der Waals surface area (Å²) in [6.45, 7) is 5.26. The third kappa shape index (κ3) is 2.67. The highest BCUT2D eigenvalue weighted by Crippen LogP contribution is 2.21. The lowest BCUT2D eigenvalue weighted by Crippen LogP contribution is -2.24. The van der Waals surface area contributed by atoms with Crippen LogP contribution in [0.3, 0.4) is 0 Å². The van der Waals surface area contributed by atoms with Gasteiger partial charge in [-0.1, -0.05) is 24.3 Å². The Bertz CT molecular complexity index is 597. The van der Waals surface area contributed by atoms with E-state index in [0.29, 0.717) is 0 Å². The zero-order valence-electron chi connectivity index (χ0n) is 10.7. The fourth-order valence-corrected chi connectivity index (χ4v) is 1.70. The zero-order chi connectivity index (χ0) is 13.3. The summed E-state index contributed by atoms with van der Waals surface area (Å²) in [7, 11) is 0. The number of carbonyl (C=O) groups excluding carboxylic acids is 1. The van der Waals surface area contributed by atoms with E-state index >= 15 is 0 Å². The van der Waals surface area contributed by atoms with Crippen LogP contribution in [0.15, 0.2) is 36.4 Å². The predicted molar refractivity (Wildman–Crippen MR) is 69.1 cm³/mol. The number of benzene rings is 2. The van der Waals surface area contributed by atoms with Gasteiger partial charge in [0.15, 0.2) is 0 Å².